The van der Waals surface area contributed by atoms with Gasteiger partial charge in [-0.15, -0.1) is 0 Å². The molecule has 1 aromatic heterocycles. The highest BCUT2D eigenvalue weighted by Gasteiger charge is 2.23. The molecule has 0 radical (unpaired) electrons. The Balaban J connectivity index is 2.18. The van der Waals surface area contributed by atoms with E-state index < -0.39 is 0 Å². The number of aromatic amines is 1. The van der Waals surface area contributed by atoms with Crippen LogP contribution in [-0.2, 0) is 6.42 Å². The predicted octanol–water partition coefficient (Wildman–Crippen LogP) is 3.41. The Morgan fingerprint density at radius 3 is 2.63 bits per heavy atom. The van der Waals surface area contributed by atoms with Gasteiger partial charge in [0.05, 0.1) is 5.69 Å². The summed E-state index contributed by atoms with van der Waals surface area (Å²) in [7, 11) is 0. The van der Waals surface area contributed by atoms with Gasteiger partial charge in [-0.3, -0.25) is 4.79 Å². The molecule has 0 fully saturated rings. The molecule has 2 heteroatoms. The van der Waals surface area contributed by atoms with Gasteiger partial charge in [-0.25, -0.2) is 0 Å². The second-order valence-corrected chi connectivity index (χ2v) is 5.14. The van der Waals surface area contributed by atoms with Crippen molar-refractivity contribution in [3.8, 4) is 11.3 Å². The molecule has 1 heterocycles. The third-order valence-corrected chi connectivity index (χ3v) is 4.01. The van der Waals surface area contributed by atoms with Crippen molar-refractivity contribution >= 4 is 10.8 Å². The van der Waals surface area contributed by atoms with Crippen LogP contribution in [-0.4, -0.2) is 4.98 Å². The molecule has 0 aliphatic heterocycles. The van der Waals surface area contributed by atoms with Crippen molar-refractivity contribution in [1.82, 2.24) is 4.98 Å². The van der Waals surface area contributed by atoms with Crippen molar-refractivity contribution in [2.75, 3.05) is 0 Å². The van der Waals surface area contributed by atoms with E-state index in [-0.39, 0.29) is 5.56 Å². The highest BCUT2D eigenvalue weighted by molar-refractivity contribution is 5.93. The largest absolute Gasteiger partial charge is 0.321 e. The minimum Gasteiger partial charge on any atom is -0.321 e. The van der Waals surface area contributed by atoms with Gasteiger partial charge in [-0.2, -0.15) is 0 Å². The zero-order chi connectivity index (χ0) is 13.0. The SMILES string of the molecule is Cc1cccc2c1-c1[nH]c(=O)c3ccccc3c1C2. The first-order chi connectivity index (χ1) is 9.25. The summed E-state index contributed by atoms with van der Waals surface area (Å²) in [6.45, 7) is 2.10. The molecule has 2 nitrogen and oxygen atoms in total. The second kappa shape index (κ2) is 3.58. The number of aryl methyl sites for hydroxylation is 1. The Morgan fingerprint density at radius 1 is 1.00 bits per heavy atom. The van der Waals surface area contributed by atoms with Crippen LogP contribution in [0.5, 0.6) is 0 Å². The van der Waals surface area contributed by atoms with Crippen molar-refractivity contribution in [1.29, 1.82) is 0 Å². The minimum atomic E-state index is 0.00505. The number of benzene rings is 2. The third-order valence-electron chi connectivity index (χ3n) is 4.01. The van der Waals surface area contributed by atoms with Crippen molar-refractivity contribution in [3.63, 3.8) is 0 Å². The molecule has 19 heavy (non-hydrogen) atoms. The molecule has 0 spiro atoms. The van der Waals surface area contributed by atoms with Gasteiger partial charge in [-0.05, 0) is 35.1 Å². The zero-order valence-electron chi connectivity index (χ0n) is 10.7. The van der Waals surface area contributed by atoms with E-state index in [1.54, 1.807) is 0 Å². The molecule has 1 N–H and O–H groups in total. The minimum absolute atomic E-state index is 0.00505. The highest BCUT2D eigenvalue weighted by Crippen LogP contribution is 2.39. The molecule has 0 bridgehead atoms. The molecule has 0 unspecified atom stereocenters. The Morgan fingerprint density at radius 2 is 1.79 bits per heavy atom. The van der Waals surface area contributed by atoms with Crippen LogP contribution in [0.1, 0.15) is 16.7 Å². The van der Waals surface area contributed by atoms with Crippen LogP contribution in [0.4, 0.5) is 0 Å². The molecule has 0 saturated heterocycles. The first-order valence-corrected chi connectivity index (χ1v) is 6.48. The van der Waals surface area contributed by atoms with Crippen LogP contribution in [0, 0.1) is 6.92 Å². The maximum atomic E-state index is 12.2. The van der Waals surface area contributed by atoms with Crippen LogP contribution in [0.15, 0.2) is 47.3 Å². The van der Waals surface area contributed by atoms with Crippen LogP contribution >= 0.6 is 0 Å². The molecule has 0 atom stereocenters. The number of hydrogen-bond acceptors (Lipinski definition) is 1. The lowest BCUT2D eigenvalue weighted by molar-refractivity contribution is 1.23. The van der Waals surface area contributed by atoms with E-state index in [1.807, 2.05) is 24.3 Å². The van der Waals surface area contributed by atoms with Crippen molar-refractivity contribution in [2.45, 2.75) is 13.3 Å². The normalized spacial score (nSPS) is 12.5. The van der Waals surface area contributed by atoms with E-state index in [0.29, 0.717) is 0 Å². The summed E-state index contributed by atoms with van der Waals surface area (Å²) < 4.78 is 0. The summed E-state index contributed by atoms with van der Waals surface area (Å²) >= 11 is 0. The van der Waals surface area contributed by atoms with E-state index in [0.717, 1.165) is 22.9 Å². The number of fused-ring (bicyclic) bond motifs is 5. The van der Waals surface area contributed by atoms with Crippen LogP contribution < -0.4 is 5.56 Å². The van der Waals surface area contributed by atoms with E-state index >= 15 is 0 Å². The third kappa shape index (κ3) is 1.34. The lowest BCUT2D eigenvalue weighted by atomic mass is 10.0. The maximum absolute atomic E-state index is 12.2. The smallest absolute Gasteiger partial charge is 0.256 e. The standard InChI is InChI=1S/C17H13NO/c1-10-5-4-6-11-9-14-12-7-2-3-8-13(12)17(19)18-16(14)15(10)11/h2-8H,9H2,1H3,(H,18,19). The van der Waals surface area contributed by atoms with Gasteiger partial charge < -0.3 is 4.98 Å². The quantitative estimate of drug-likeness (QED) is 0.507. The summed E-state index contributed by atoms with van der Waals surface area (Å²) in [6.07, 6.45) is 0.906. The summed E-state index contributed by atoms with van der Waals surface area (Å²) in [5, 5.41) is 1.86. The van der Waals surface area contributed by atoms with Gasteiger partial charge >= 0.3 is 0 Å². The Hall–Kier alpha value is -2.35. The number of aromatic nitrogens is 1. The number of H-pyrrole nitrogens is 1. The predicted molar refractivity (Wildman–Crippen MR) is 77.5 cm³/mol. The molecule has 3 aromatic rings. The fourth-order valence-electron chi connectivity index (χ4n) is 3.16. The molecule has 4 rings (SSSR count). The van der Waals surface area contributed by atoms with E-state index in [2.05, 4.69) is 30.1 Å². The molecule has 1 aliphatic carbocycles. The lowest BCUT2D eigenvalue weighted by Gasteiger charge is -2.06. The van der Waals surface area contributed by atoms with Gasteiger partial charge in [0.1, 0.15) is 0 Å². The number of hydrogen-bond donors (Lipinski definition) is 1. The molecule has 1 aliphatic rings. The number of nitrogens with one attached hydrogen (secondary N) is 1. The lowest BCUT2D eigenvalue weighted by Crippen LogP contribution is -2.08. The first-order valence-electron chi connectivity index (χ1n) is 6.48. The highest BCUT2D eigenvalue weighted by atomic mass is 16.1. The van der Waals surface area contributed by atoms with Crippen molar-refractivity contribution in [3.05, 3.63) is 69.5 Å². The fraction of sp³-hybridized carbons (Fsp3) is 0.118. The van der Waals surface area contributed by atoms with E-state index in [4.69, 9.17) is 0 Å². The van der Waals surface area contributed by atoms with Crippen LogP contribution in [0.2, 0.25) is 0 Å². The summed E-state index contributed by atoms with van der Waals surface area (Å²) in [5.74, 6) is 0. The number of rotatable bonds is 0. The summed E-state index contributed by atoms with van der Waals surface area (Å²) in [4.78, 5) is 15.3. The van der Waals surface area contributed by atoms with Gasteiger partial charge in [0.15, 0.2) is 0 Å². The topological polar surface area (TPSA) is 32.9 Å². The Bertz CT molecular complexity index is 874. The molecule has 0 saturated carbocycles. The Labute approximate surface area is 110 Å². The zero-order valence-corrected chi connectivity index (χ0v) is 10.7. The van der Waals surface area contributed by atoms with Crippen molar-refractivity contribution in [2.24, 2.45) is 0 Å². The maximum Gasteiger partial charge on any atom is 0.256 e. The second-order valence-electron chi connectivity index (χ2n) is 5.14. The first kappa shape index (κ1) is 10.6. The Kier molecular flexibility index (Phi) is 1.99. The molecule has 2 aromatic carbocycles. The molecular formula is C17H13NO. The van der Waals surface area contributed by atoms with Crippen LogP contribution in [0.25, 0.3) is 22.0 Å². The van der Waals surface area contributed by atoms with Crippen molar-refractivity contribution < 1.29 is 0 Å². The average Bonchev–Trinajstić information content (AvgIpc) is 2.79. The van der Waals surface area contributed by atoms with Crippen LogP contribution in [0.3, 0.4) is 0 Å². The monoisotopic (exact) mass is 247 g/mol. The van der Waals surface area contributed by atoms with Gasteiger partial charge in [0.25, 0.3) is 5.56 Å². The van der Waals surface area contributed by atoms with Gasteiger partial charge in [-0.1, -0.05) is 36.4 Å². The van der Waals surface area contributed by atoms with E-state index in [9.17, 15) is 4.79 Å². The van der Waals surface area contributed by atoms with Gasteiger partial charge in [0, 0.05) is 17.4 Å². The molecule has 0 amide bonds. The fourth-order valence-corrected chi connectivity index (χ4v) is 3.16. The van der Waals surface area contributed by atoms with E-state index in [1.165, 1.54) is 22.3 Å². The number of pyridine rings is 1. The van der Waals surface area contributed by atoms with Gasteiger partial charge in [0.2, 0.25) is 0 Å². The molecular weight excluding hydrogens is 234 g/mol. The molecule has 92 valence electrons. The summed E-state index contributed by atoms with van der Waals surface area (Å²) in [5.41, 5.74) is 6.01. The summed E-state index contributed by atoms with van der Waals surface area (Å²) in [6, 6.07) is 14.2. The average molecular weight is 247 g/mol.